The normalized spacial score (nSPS) is 9.74. The monoisotopic (exact) mass is 282 g/mol. The number of imide groups is 1. The predicted molar refractivity (Wildman–Crippen MR) is 71.3 cm³/mol. The standard InChI is InChI=1S/C12H14N2O4S/c1-2-13-12(18)14-10(15)7-19-9-5-3-4-8(6-9)11(16)17/h3-6H,2,7H2,1H3,(H,16,17)(H2,13,14,15,18). The van der Waals surface area contributed by atoms with Crippen LogP contribution in [0.3, 0.4) is 0 Å². The Balaban J connectivity index is 2.48. The number of hydrogen-bond donors (Lipinski definition) is 3. The topological polar surface area (TPSA) is 95.5 Å². The summed E-state index contributed by atoms with van der Waals surface area (Å²) in [7, 11) is 0. The van der Waals surface area contributed by atoms with Crippen molar-refractivity contribution < 1.29 is 19.5 Å². The van der Waals surface area contributed by atoms with Crippen molar-refractivity contribution >= 4 is 29.7 Å². The minimum atomic E-state index is -1.02. The minimum absolute atomic E-state index is 0.0419. The Morgan fingerprint density at radius 1 is 1.32 bits per heavy atom. The fourth-order valence-corrected chi connectivity index (χ4v) is 1.99. The number of carbonyl (C=O) groups is 3. The first-order valence-electron chi connectivity index (χ1n) is 5.56. The molecule has 102 valence electrons. The molecule has 0 aliphatic rings. The summed E-state index contributed by atoms with van der Waals surface area (Å²) >= 11 is 1.16. The van der Waals surface area contributed by atoms with E-state index in [2.05, 4.69) is 10.6 Å². The Hall–Kier alpha value is -2.02. The zero-order valence-corrected chi connectivity index (χ0v) is 11.1. The second-order valence-electron chi connectivity index (χ2n) is 3.53. The average Bonchev–Trinajstić information content (AvgIpc) is 2.37. The largest absolute Gasteiger partial charge is 0.478 e. The smallest absolute Gasteiger partial charge is 0.335 e. The maximum atomic E-state index is 11.4. The van der Waals surface area contributed by atoms with E-state index in [4.69, 9.17) is 5.11 Å². The lowest BCUT2D eigenvalue weighted by Gasteiger charge is -2.05. The molecule has 1 rings (SSSR count). The molecule has 0 aliphatic carbocycles. The van der Waals surface area contributed by atoms with Gasteiger partial charge in [-0.25, -0.2) is 9.59 Å². The molecule has 3 N–H and O–H groups in total. The Morgan fingerprint density at radius 3 is 2.68 bits per heavy atom. The Morgan fingerprint density at radius 2 is 2.05 bits per heavy atom. The molecule has 0 atom stereocenters. The van der Waals surface area contributed by atoms with Crippen LogP contribution in [0.1, 0.15) is 17.3 Å². The van der Waals surface area contributed by atoms with Gasteiger partial charge in [0.25, 0.3) is 0 Å². The number of nitrogens with one attached hydrogen (secondary N) is 2. The van der Waals surface area contributed by atoms with E-state index in [9.17, 15) is 14.4 Å². The Bertz CT molecular complexity index is 490. The average molecular weight is 282 g/mol. The maximum Gasteiger partial charge on any atom is 0.335 e. The highest BCUT2D eigenvalue weighted by Gasteiger charge is 2.08. The van der Waals surface area contributed by atoms with E-state index in [-0.39, 0.29) is 11.3 Å². The van der Waals surface area contributed by atoms with Gasteiger partial charge >= 0.3 is 12.0 Å². The van der Waals surface area contributed by atoms with Gasteiger partial charge in [0.15, 0.2) is 0 Å². The van der Waals surface area contributed by atoms with Crippen LogP contribution in [-0.2, 0) is 4.79 Å². The fraction of sp³-hybridized carbons (Fsp3) is 0.250. The number of carboxylic acid groups (broad SMARTS) is 1. The summed E-state index contributed by atoms with van der Waals surface area (Å²) in [6, 6.07) is 5.73. The first kappa shape index (κ1) is 15.0. The molecule has 0 radical (unpaired) electrons. The third kappa shape index (κ3) is 5.43. The van der Waals surface area contributed by atoms with Crippen molar-refractivity contribution in [2.75, 3.05) is 12.3 Å². The zero-order valence-electron chi connectivity index (χ0n) is 10.3. The number of thioether (sulfide) groups is 1. The first-order chi connectivity index (χ1) is 9.02. The SMILES string of the molecule is CCNC(=O)NC(=O)CSc1cccc(C(=O)O)c1. The first-order valence-corrected chi connectivity index (χ1v) is 6.55. The molecule has 0 aliphatic heterocycles. The molecule has 7 heteroatoms. The van der Waals surface area contributed by atoms with Crippen LogP contribution in [0.2, 0.25) is 0 Å². The van der Waals surface area contributed by atoms with E-state index in [1.807, 2.05) is 0 Å². The van der Waals surface area contributed by atoms with Gasteiger partial charge in [-0.2, -0.15) is 0 Å². The number of hydrogen-bond acceptors (Lipinski definition) is 4. The van der Waals surface area contributed by atoms with Gasteiger partial charge in [-0.05, 0) is 25.1 Å². The number of carbonyl (C=O) groups excluding carboxylic acids is 2. The van der Waals surface area contributed by atoms with Crippen molar-refractivity contribution in [3.8, 4) is 0 Å². The van der Waals surface area contributed by atoms with Gasteiger partial charge in [0.1, 0.15) is 0 Å². The second kappa shape index (κ2) is 7.42. The van der Waals surface area contributed by atoms with E-state index in [0.29, 0.717) is 11.4 Å². The quantitative estimate of drug-likeness (QED) is 0.708. The molecule has 0 fully saturated rings. The highest BCUT2D eigenvalue weighted by atomic mass is 32.2. The lowest BCUT2D eigenvalue weighted by molar-refractivity contribution is -0.117. The van der Waals surface area contributed by atoms with E-state index >= 15 is 0 Å². The van der Waals surface area contributed by atoms with Crippen molar-refractivity contribution in [3.05, 3.63) is 29.8 Å². The summed E-state index contributed by atoms with van der Waals surface area (Å²) in [6.07, 6.45) is 0. The van der Waals surface area contributed by atoms with Crippen LogP contribution in [0.15, 0.2) is 29.2 Å². The number of rotatable bonds is 5. The van der Waals surface area contributed by atoms with Gasteiger partial charge in [0.05, 0.1) is 11.3 Å². The number of urea groups is 1. The molecule has 3 amide bonds. The van der Waals surface area contributed by atoms with Crippen LogP contribution >= 0.6 is 11.8 Å². The molecule has 0 saturated heterocycles. The van der Waals surface area contributed by atoms with Crippen LogP contribution in [0.4, 0.5) is 4.79 Å². The van der Waals surface area contributed by atoms with Crippen LogP contribution < -0.4 is 10.6 Å². The second-order valence-corrected chi connectivity index (χ2v) is 4.58. The minimum Gasteiger partial charge on any atom is -0.478 e. The summed E-state index contributed by atoms with van der Waals surface area (Å²) in [5, 5.41) is 13.4. The van der Waals surface area contributed by atoms with Crippen molar-refractivity contribution in [1.29, 1.82) is 0 Å². The van der Waals surface area contributed by atoms with Gasteiger partial charge in [-0.15, -0.1) is 11.8 Å². The third-order valence-corrected chi connectivity index (χ3v) is 3.03. The Labute approximate surface area is 114 Å². The lowest BCUT2D eigenvalue weighted by Crippen LogP contribution is -2.40. The van der Waals surface area contributed by atoms with Crippen molar-refractivity contribution in [1.82, 2.24) is 10.6 Å². The molecule has 1 aromatic carbocycles. The van der Waals surface area contributed by atoms with Gasteiger partial charge < -0.3 is 10.4 Å². The predicted octanol–water partition coefficient (Wildman–Crippen LogP) is 1.32. The fourth-order valence-electron chi connectivity index (χ4n) is 1.24. The van der Waals surface area contributed by atoms with E-state index in [1.54, 1.807) is 19.1 Å². The van der Waals surface area contributed by atoms with Gasteiger partial charge in [-0.1, -0.05) is 6.07 Å². The molecular formula is C12H14N2O4S. The van der Waals surface area contributed by atoms with Crippen LogP contribution in [0, 0.1) is 0 Å². The molecule has 0 saturated carbocycles. The highest BCUT2D eigenvalue weighted by Crippen LogP contribution is 2.18. The number of amides is 3. The molecule has 0 aromatic heterocycles. The van der Waals surface area contributed by atoms with Crippen LogP contribution in [0.5, 0.6) is 0 Å². The summed E-state index contributed by atoms with van der Waals surface area (Å²) in [5.74, 6) is -1.41. The molecule has 0 heterocycles. The summed E-state index contributed by atoms with van der Waals surface area (Å²) < 4.78 is 0. The van der Waals surface area contributed by atoms with Crippen LogP contribution in [0.25, 0.3) is 0 Å². The van der Waals surface area contributed by atoms with Gasteiger partial charge in [0, 0.05) is 11.4 Å². The molecule has 0 unspecified atom stereocenters. The van der Waals surface area contributed by atoms with E-state index in [0.717, 1.165) is 11.8 Å². The Kier molecular flexibility index (Phi) is 5.87. The number of carboxylic acids is 1. The maximum absolute atomic E-state index is 11.4. The molecule has 19 heavy (non-hydrogen) atoms. The summed E-state index contributed by atoms with van der Waals surface area (Å²) in [5.41, 5.74) is 0.161. The number of aromatic carboxylic acids is 1. The van der Waals surface area contributed by atoms with E-state index < -0.39 is 17.9 Å². The van der Waals surface area contributed by atoms with E-state index in [1.165, 1.54) is 12.1 Å². The van der Waals surface area contributed by atoms with Gasteiger partial charge in [0.2, 0.25) is 5.91 Å². The van der Waals surface area contributed by atoms with Crippen molar-refractivity contribution in [2.24, 2.45) is 0 Å². The molecular weight excluding hydrogens is 268 g/mol. The summed E-state index contributed by atoms with van der Waals surface area (Å²) in [4.78, 5) is 33.9. The molecule has 1 aromatic rings. The molecule has 6 nitrogen and oxygen atoms in total. The lowest BCUT2D eigenvalue weighted by atomic mass is 10.2. The third-order valence-electron chi connectivity index (χ3n) is 2.04. The highest BCUT2D eigenvalue weighted by molar-refractivity contribution is 8.00. The van der Waals surface area contributed by atoms with Crippen molar-refractivity contribution in [3.63, 3.8) is 0 Å². The number of benzene rings is 1. The summed E-state index contributed by atoms with van der Waals surface area (Å²) in [6.45, 7) is 2.18. The van der Waals surface area contributed by atoms with Crippen molar-refractivity contribution in [2.45, 2.75) is 11.8 Å². The van der Waals surface area contributed by atoms with Gasteiger partial charge in [-0.3, -0.25) is 10.1 Å². The zero-order chi connectivity index (χ0) is 14.3. The van der Waals surface area contributed by atoms with Crippen LogP contribution in [-0.4, -0.2) is 35.3 Å². The molecule has 0 bridgehead atoms. The molecule has 0 spiro atoms.